The minimum atomic E-state index is -3.83. The summed E-state index contributed by atoms with van der Waals surface area (Å²) in [5.41, 5.74) is 3.59. The van der Waals surface area contributed by atoms with Gasteiger partial charge in [0, 0.05) is 10.4 Å². The Balaban J connectivity index is 1.88. The summed E-state index contributed by atoms with van der Waals surface area (Å²) < 4.78 is 27.8. The van der Waals surface area contributed by atoms with Gasteiger partial charge in [0.25, 0.3) is 10.0 Å². The number of nitrogens with one attached hydrogen (secondary N) is 1. The van der Waals surface area contributed by atoms with Crippen molar-refractivity contribution >= 4 is 38.1 Å². The molecular formula is C19H19ClN2O3S2. The summed E-state index contributed by atoms with van der Waals surface area (Å²) in [5.74, 6) is 0. The summed E-state index contributed by atoms with van der Waals surface area (Å²) in [6, 6.07) is 10.5. The third-order valence-corrected chi connectivity index (χ3v) is 7.06. The minimum absolute atomic E-state index is 0.0989. The van der Waals surface area contributed by atoms with Crippen molar-refractivity contribution in [3.8, 4) is 0 Å². The van der Waals surface area contributed by atoms with Gasteiger partial charge < -0.3 is 5.11 Å². The molecule has 0 bridgehead atoms. The number of halogens is 1. The van der Waals surface area contributed by atoms with Crippen molar-refractivity contribution in [1.82, 2.24) is 4.98 Å². The number of aliphatic hydroxyl groups is 1. The molecule has 0 aliphatic carbocycles. The molecule has 27 heavy (non-hydrogen) atoms. The third kappa shape index (κ3) is 4.16. The molecule has 0 fully saturated rings. The Morgan fingerprint density at radius 1 is 1.19 bits per heavy atom. The van der Waals surface area contributed by atoms with Crippen molar-refractivity contribution in [2.24, 2.45) is 0 Å². The van der Waals surface area contributed by atoms with Crippen LogP contribution in [0.15, 0.2) is 46.7 Å². The van der Waals surface area contributed by atoms with E-state index < -0.39 is 16.1 Å². The SMILES string of the molecule is Cc1ccc(C)c(C(O)c2csc(NS(=O)(=O)c3cccc(Cl)c3C)n2)c1. The predicted octanol–water partition coefficient (Wildman–Crippen LogP) is 4.60. The minimum Gasteiger partial charge on any atom is -0.382 e. The van der Waals surface area contributed by atoms with Crippen LogP contribution in [0.5, 0.6) is 0 Å². The lowest BCUT2D eigenvalue weighted by atomic mass is 9.99. The number of hydrogen-bond donors (Lipinski definition) is 2. The van der Waals surface area contributed by atoms with Crippen molar-refractivity contribution in [2.75, 3.05) is 4.72 Å². The van der Waals surface area contributed by atoms with Crippen LogP contribution >= 0.6 is 22.9 Å². The molecular weight excluding hydrogens is 404 g/mol. The molecule has 1 atom stereocenters. The summed E-state index contributed by atoms with van der Waals surface area (Å²) in [6.45, 7) is 5.51. The molecule has 2 aromatic carbocycles. The van der Waals surface area contributed by atoms with E-state index in [1.165, 1.54) is 6.07 Å². The Morgan fingerprint density at radius 2 is 1.93 bits per heavy atom. The number of anilines is 1. The highest BCUT2D eigenvalue weighted by molar-refractivity contribution is 7.93. The van der Waals surface area contributed by atoms with E-state index in [9.17, 15) is 13.5 Å². The molecule has 1 heterocycles. The first-order valence-corrected chi connectivity index (χ1v) is 10.9. The molecule has 0 aliphatic heterocycles. The van der Waals surface area contributed by atoms with Crippen LogP contribution in [0.25, 0.3) is 0 Å². The largest absolute Gasteiger partial charge is 0.382 e. The van der Waals surface area contributed by atoms with Crippen LogP contribution in [0, 0.1) is 20.8 Å². The molecule has 5 nitrogen and oxygen atoms in total. The van der Waals surface area contributed by atoms with Crippen LogP contribution in [0.2, 0.25) is 5.02 Å². The first-order chi connectivity index (χ1) is 12.7. The van der Waals surface area contributed by atoms with Crippen molar-refractivity contribution in [3.63, 3.8) is 0 Å². The highest BCUT2D eigenvalue weighted by atomic mass is 35.5. The van der Waals surface area contributed by atoms with E-state index >= 15 is 0 Å². The maximum Gasteiger partial charge on any atom is 0.263 e. The number of aryl methyl sites for hydroxylation is 2. The fraction of sp³-hybridized carbons (Fsp3) is 0.211. The maximum absolute atomic E-state index is 12.7. The second-order valence-electron chi connectivity index (χ2n) is 6.31. The summed E-state index contributed by atoms with van der Waals surface area (Å²) in [7, 11) is -3.83. The van der Waals surface area contributed by atoms with Gasteiger partial charge in [-0.1, -0.05) is 41.4 Å². The van der Waals surface area contributed by atoms with Gasteiger partial charge in [-0.25, -0.2) is 13.4 Å². The van der Waals surface area contributed by atoms with Crippen LogP contribution in [0.3, 0.4) is 0 Å². The normalized spacial score (nSPS) is 12.8. The highest BCUT2D eigenvalue weighted by Crippen LogP contribution is 2.30. The molecule has 0 aliphatic rings. The van der Waals surface area contributed by atoms with Gasteiger partial charge in [-0.05, 0) is 49.6 Å². The topological polar surface area (TPSA) is 79.3 Å². The van der Waals surface area contributed by atoms with E-state index in [2.05, 4.69) is 9.71 Å². The van der Waals surface area contributed by atoms with Crippen molar-refractivity contribution < 1.29 is 13.5 Å². The first kappa shape index (κ1) is 19.8. The van der Waals surface area contributed by atoms with Crippen LogP contribution in [0.1, 0.15) is 34.1 Å². The standard InChI is InChI=1S/C19H19ClN2O3S2/c1-11-7-8-12(2)14(9-11)18(23)16-10-26-19(21-16)22-27(24,25)17-6-4-5-15(20)13(17)3/h4-10,18,23H,1-3H3,(H,21,22). The lowest BCUT2D eigenvalue weighted by Gasteiger charge is -2.12. The summed E-state index contributed by atoms with van der Waals surface area (Å²) in [6.07, 6.45) is -0.924. The predicted molar refractivity (Wildman–Crippen MR) is 109 cm³/mol. The number of hydrogen-bond acceptors (Lipinski definition) is 5. The molecule has 8 heteroatoms. The molecule has 3 aromatic rings. The van der Waals surface area contributed by atoms with Crippen LogP contribution in [0.4, 0.5) is 5.13 Å². The molecule has 0 saturated heterocycles. The number of benzene rings is 2. The highest BCUT2D eigenvalue weighted by Gasteiger charge is 2.22. The molecule has 142 valence electrons. The monoisotopic (exact) mass is 422 g/mol. The Labute approximate surface area is 167 Å². The van der Waals surface area contributed by atoms with Gasteiger partial charge >= 0.3 is 0 Å². The quantitative estimate of drug-likeness (QED) is 0.629. The van der Waals surface area contributed by atoms with Crippen molar-refractivity contribution in [3.05, 3.63) is 74.7 Å². The fourth-order valence-corrected chi connectivity index (χ4v) is 5.20. The van der Waals surface area contributed by atoms with Crippen LogP contribution in [-0.2, 0) is 10.0 Å². The lowest BCUT2D eigenvalue weighted by Crippen LogP contribution is -2.14. The lowest BCUT2D eigenvalue weighted by molar-refractivity contribution is 0.215. The average molecular weight is 423 g/mol. The molecule has 1 aromatic heterocycles. The second kappa shape index (κ2) is 7.59. The van der Waals surface area contributed by atoms with Crippen molar-refractivity contribution in [1.29, 1.82) is 0 Å². The van der Waals surface area contributed by atoms with Gasteiger partial charge in [0.15, 0.2) is 5.13 Å². The molecule has 0 saturated carbocycles. The molecule has 0 spiro atoms. The van der Waals surface area contributed by atoms with E-state index in [0.29, 0.717) is 16.3 Å². The van der Waals surface area contributed by atoms with Gasteiger partial charge in [-0.2, -0.15) is 0 Å². The molecule has 3 rings (SSSR count). The van der Waals surface area contributed by atoms with Gasteiger partial charge in [0.05, 0.1) is 10.6 Å². The molecule has 1 unspecified atom stereocenters. The number of sulfonamides is 1. The maximum atomic E-state index is 12.7. The average Bonchev–Trinajstić information content (AvgIpc) is 3.06. The third-order valence-electron chi connectivity index (χ3n) is 4.26. The second-order valence-corrected chi connectivity index (χ2v) is 9.22. The number of rotatable bonds is 5. The van der Waals surface area contributed by atoms with E-state index in [1.54, 1.807) is 24.4 Å². The first-order valence-electron chi connectivity index (χ1n) is 8.17. The van der Waals surface area contributed by atoms with Crippen LogP contribution in [-0.4, -0.2) is 18.5 Å². The van der Waals surface area contributed by atoms with E-state index in [1.807, 2.05) is 32.0 Å². The number of aliphatic hydroxyl groups excluding tert-OH is 1. The van der Waals surface area contributed by atoms with E-state index in [0.717, 1.165) is 28.0 Å². The van der Waals surface area contributed by atoms with Gasteiger partial charge in [0.2, 0.25) is 0 Å². The molecule has 0 radical (unpaired) electrons. The summed E-state index contributed by atoms with van der Waals surface area (Å²) in [4.78, 5) is 4.36. The van der Waals surface area contributed by atoms with E-state index in [-0.39, 0.29) is 10.0 Å². The van der Waals surface area contributed by atoms with Gasteiger partial charge in [-0.3, -0.25) is 4.72 Å². The Morgan fingerprint density at radius 3 is 2.67 bits per heavy atom. The number of nitrogens with zero attached hydrogens (tertiary/aromatic N) is 1. The number of thiazole rings is 1. The van der Waals surface area contributed by atoms with Crippen molar-refractivity contribution in [2.45, 2.75) is 31.8 Å². The van der Waals surface area contributed by atoms with E-state index in [4.69, 9.17) is 11.6 Å². The van der Waals surface area contributed by atoms with Crippen LogP contribution < -0.4 is 4.72 Å². The zero-order chi connectivity index (χ0) is 19.8. The zero-order valence-corrected chi connectivity index (χ0v) is 17.4. The Bertz CT molecular complexity index is 1090. The molecule has 0 amide bonds. The Kier molecular flexibility index (Phi) is 5.58. The zero-order valence-electron chi connectivity index (χ0n) is 15.0. The fourth-order valence-electron chi connectivity index (χ4n) is 2.72. The summed E-state index contributed by atoms with van der Waals surface area (Å²) >= 11 is 7.15. The summed E-state index contributed by atoms with van der Waals surface area (Å²) in [5, 5.41) is 12.9. The Hall–Kier alpha value is -1.93. The molecule has 2 N–H and O–H groups in total. The number of aromatic nitrogens is 1. The van der Waals surface area contributed by atoms with Gasteiger partial charge in [-0.15, -0.1) is 11.3 Å². The van der Waals surface area contributed by atoms with Gasteiger partial charge in [0.1, 0.15) is 6.10 Å². The smallest absolute Gasteiger partial charge is 0.263 e.